The van der Waals surface area contributed by atoms with Crippen molar-refractivity contribution in [1.82, 2.24) is 9.19 Å². The maximum atomic E-state index is 5.63. The Labute approximate surface area is 75.9 Å². The Morgan fingerprint density at radius 2 is 2.75 bits per heavy atom. The van der Waals surface area contributed by atoms with E-state index >= 15 is 0 Å². The summed E-state index contributed by atoms with van der Waals surface area (Å²) in [7, 11) is 0. The highest BCUT2D eigenvalue weighted by atomic mass is 32.2. The van der Waals surface area contributed by atoms with E-state index < -0.39 is 0 Å². The van der Waals surface area contributed by atoms with Gasteiger partial charge in [0.1, 0.15) is 0 Å². The van der Waals surface area contributed by atoms with Gasteiger partial charge < -0.3 is 5.73 Å². The molecule has 2 N–H and O–H groups in total. The third-order valence-corrected chi connectivity index (χ3v) is 2.84. The number of aryl methyl sites for hydroxylation is 1. The van der Waals surface area contributed by atoms with Gasteiger partial charge in [0, 0.05) is 19.2 Å². The number of aromatic nitrogens is 3. The highest BCUT2D eigenvalue weighted by Gasteiger charge is 2.29. The molecule has 0 aliphatic carbocycles. The van der Waals surface area contributed by atoms with Crippen LogP contribution in [0.15, 0.2) is 6.33 Å². The minimum atomic E-state index is 0.473. The van der Waals surface area contributed by atoms with E-state index in [1.807, 2.05) is 16.7 Å². The zero-order valence-corrected chi connectivity index (χ0v) is 7.92. The van der Waals surface area contributed by atoms with Crippen molar-refractivity contribution in [3.8, 4) is 0 Å². The summed E-state index contributed by atoms with van der Waals surface area (Å²) in [6, 6.07) is 0.473. The topological polar surface area (TPSA) is 47.7 Å². The molecule has 0 fully saturated rings. The van der Waals surface area contributed by atoms with E-state index in [0.717, 1.165) is 19.4 Å². The lowest BCUT2D eigenvalue weighted by Crippen LogP contribution is -2.40. The summed E-state index contributed by atoms with van der Waals surface area (Å²) >= 11 is 1.61. The second-order valence-corrected chi connectivity index (χ2v) is 3.69. The molecule has 66 valence electrons. The minimum Gasteiger partial charge on any atom is -0.327 e. The first kappa shape index (κ1) is 8.07. The summed E-state index contributed by atoms with van der Waals surface area (Å²) in [4.78, 5) is 0. The fourth-order valence-corrected chi connectivity index (χ4v) is 1.97. The first-order valence-electron chi connectivity index (χ1n) is 4.09. The van der Waals surface area contributed by atoms with Gasteiger partial charge in [0.2, 0.25) is 6.33 Å². The fourth-order valence-electron chi connectivity index (χ4n) is 1.60. The van der Waals surface area contributed by atoms with Gasteiger partial charge in [-0.3, -0.25) is 0 Å². The lowest BCUT2D eigenvalue weighted by molar-refractivity contribution is -0.714. The van der Waals surface area contributed by atoms with Gasteiger partial charge in [0.15, 0.2) is 0 Å². The molecule has 4 nitrogen and oxygen atoms in total. The molecule has 2 heterocycles. The Morgan fingerprint density at radius 1 is 1.92 bits per heavy atom. The number of hydrogen-bond acceptors (Lipinski definition) is 3. The third kappa shape index (κ3) is 1.13. The van der Waals surface area contributed by atoms with Crippen LogP contribution < -0.4 is 10.3 Å². The van der Waals surface area contributed by atoms with Gasteiger partial charge in [0.05, 0.1) is 23.1 Å². The molecule has 0 aromatic carbocycles. The maximum Gasteiger partial charge on any atom is 0.279 e. The van der Waals surface area contributed by atoms with Crippen molar-refractivity contribution in [2.75, 3.05) is 12.8 Å². The molecular formula is C7H13N4S+. The van der Waals surface area contributed by atoms with E-state index in [-0.39, 0.29) is 0 Å². The van der Waals surface area contributed by atoms with Gasteiger partial charge in [-0.25, -0.2) is 4.57 Å². The smallest absolute Gasteiger partial charge is 0.279 e. The Hall–Kier alpha value is -0.550. The van der Waals surface area contributed by atoms with Crippen molar-refractivity contribution < 1.29 is 4.57 Å². The lowest BCUT2D eigenvalue weighted by atomic mass is 10.2. The Bertz CT molecular complexity index is 283. The monoisotopic (exact) mass is 185 g/mol. The SMILES string of the molecule is CSn1c[n+]2c(n1)CC[C@H]2CN. The highest BCUT2D eigenvalue weighted by Crippen LogP contribution is 2.14. The van der Waals surface area contributed by atoms with Crippen LogP contribution in [-0.4, -0.2) is 22.0 Å². The van der Waals surface area contributed by atoms with E-state index in [2.05, 4.69) is 9.67 Å². The van der Waals surface area contributed by atoms with Gasteiger partial charge in [-0.05, 0) is 6.42 Å². The van der Waals surface area contributed by atoms with Crippen LogP contribution in [0.3, 0.4) is 0 Å². The van der Waals surface area contributed by atoms with Crippen molar-refractivity contribution in [2.45, 2.75) is 18.9 Å². The number of fused-ring (bicyclic) bond motifs is 1. The molecular weight excluding hydrogens is 172 g/mol. The summed E-state index contributed by atoms with van der Waals surface area (Å²) in [5.41, 5.74) is 5.63. The highest BCUT2D eigenvalue weighted by molar-refractivity contribution is 7.97. The van der Waals surface area contributed by atoms with Crippen LogP contribution in [0.2, 0.25) is 0 Å². The summed E-state index contributed by atoms with van der Waals surface area (Å²) in [5.74, 6) is 1.17. The predicted molar refractivity (Wildman–Crippen MR) is 47.7 cm³/mol. The molecule has 1 aliphatic heterocycles. The van der Waals surface area contributed by atoms with Gasteiger partial charge >= 0.3 is 0 Å². The molecule has 12 heavy (non-hydrogen) atoms. The molecule has 1 atom stereocenters. The molecule has 2 rings (SSSR count). The van der Waals surface area contributed by atoms with Gasteiger partial charge in [-0.15, -0.1) is 0 Å². The summed E-state index contributed by atoms with van der Waals surface area (Å²) < 4.78 is 4.08. The van der Waals surface area contributed by atoms with E-state index in [1.165, 1.54) is 5.82 Å². The van der Waals surface area contributed by atoms with Gasteiger partial charge in [-0.2, -0.15) is 0 Å². The third-order valence-electron chi connectivity index (χ3n) is 2.29. The second kappa shape index (κ2) is 3.06. The van der Waals surface area contributed by atoms with Crippen LogP contribution in [0.1, 0.15) is 18.3 Å². The van der Waals surface area contributed by atoms with Crippen molar-refractivity contribution in [1.29, 1.82) is 0 Å². The lowest BCUT2D eigenvalue weighted by Gasteiger charge is -2.02. The second-order valence-electron chi connectivity index (χ2n) is 2.95. The Morgan fingerprint density at radius 3 is 3.42 bits per heavy atom. The minimum absolute atomic E-state index is 0.473. The first-order valence-corrected chi connectivity index (χ1v) is 5.27. The summed E-state index contributed by atoms with van der Waals surface area (Å²) in [6.45, 7) is 0.720. The predicted octanol–water partition coefficient (Wildman–Crippen LogP) is -0.257. The van der Waals surface area contributed by atoms with Crippen LogP contribution >= 0.6 is 11.9 Å². The average Bonchev–Trinajstić information content (AvgIpc) is 2.61. The number of rotatable bonds is 2. The number of nitrogens with zero attached hydrogens (tertiary/aromatic N) is 3. The van der Waals surface area contributed by atoms with Gasteiger partial charge in [-0.1, -0.05) is 4.09 Å². The molecule has 5 heteroatoms. The summed E-state index contributed by atoms with van der Waals surface area (Å²) in [5, 5.41) is 4.39. The zero-order valence-electron chi connectivity index (χ0n) is 7.10. The average molecular weight is 185 g/mol. The zero-order chi connectivity index (χ0) is 8.55. The first-order chi connectivity index (χ1) is 5.85. The quantitative estimate of drug-likeness (QED) is 0.646. The molecule has 0 saturated heterocycles. The van der Waals surface area contributed by atoms with Crippen LogP contribution in [0.4, 0.5) is 0 Å². The van der Waals surface area contributed by atoms with E-state index in [0.29, 0.717) is 6.04 Å². The molecule has 0 saturated carbocycles. The molecule has 0 bridgehead atoms. The molecule has 1 aliphatic rings. The van der Waals surface area contributed by atoms with Gasteiger partial charge in [0.25, 0.3) is 5.82 Å². The molecule has 0 radical (unpaired) electrons. The van der Waals surface area contributed by atoms with E-state index in [1.54, 1.807) is 11.9 Å². The number of hydrogen-bond donors (Lipinski definition) is 1. The molecule has 0 spiro atoms. The molecule has 1 aromatic rings. The van der Waals surface area contributed by atoms with E-state index in [4.69, 9.17) is 5.73 Å². The molecule has 0 amide bonds. The van der Waals surface area contributed by atoms with Crippen LogP contribution in [0.5, 0.6) is 0 Å². The van der Waals surface area contributed by atoms with Crippen LogP contribution in [-0.2, 0) is 6.42 Å². The maximum absolute atomic E-state index is 5.63. The Kier molecular flexibility index (Phi) is 2.06. The normalized spacial score (nSPS) is 21.3. The van der Waals surface area contributed by atoms with Crippen molar-refractivity contribution in [3.63, 3.8) is 0 Å². The van der Waals surface area contributed by atoms with Crippen molar-refractivity contribution in [3.05, 3.63) is 12.2 Å². The number of nitrogens with two attached hydrogens (primary N) is 1. The largest absolute Gasteiger partial charge is 0.327 e. The van der Waals surface area contributed by atoms with Crippen LogP contribution in [0.25, 0.3) is 0 Å². The molecule has 0 unspecified atom stereocenters. The van der Waals surface area contributed by atoms with E-state index in [9.17, 15) is 0 Å². The molecule has 1 aromatic heterocycles. The van der Waals surface area contributed by atoms with Crippen molar-refractivity contribution >= 4 is 11.9 Å². The van der Waals surface area contributed by atoms with Crippen molar-refractivity contribution in [2.24, 2.45) is 5.73 Å². The van der Waals surface area contributed by atoms with Crippen LogP contribution in [0, 0.1) is 0 Å². The Balaban J connectivity index is 2.31. The standard InChI is InChI=1S/C7H13N4S/c1-12-11-5-10-6(4-8)2-3-7(10)9-11/h5-6H,2-4,8H2,1H3/q+1/t6-/m0/s1. The fraction of sp³-hybridized carbons (Fsp3) is 0.714. The summed E-state index contributed by atoms with van der Waals surface area (Å²) in [6.07, 6.45) is 6.26.